The minimum absolute atomic E-state index is 0.0685. The quantitative estimate of drug-likeness (QED) is 0.786. The topological polar surface area (TPSA) is 93.4 Å². The Morgan fingerprint density at radius 2 is 2.45 bits per heavy atom. The van der Waals surface area contributed by atoms with Gasteiger partial charge < -0.3 is 19.7 Å². The maximum atomic E-state index is 11.3. The smallest absolute Gasteiger partial charge is 0.407 e. The summed E-state index contributed by atoms with van der Waals surface area (Å²) in [7, 11) is 0. The number of imidazole rings is 1. The maximum absolute atomic E-state index is 11.3. The summed E-state index contributed by atoms with van der Waals surface area (Å²) in [5.74, 6) is 0.0112. The lowest BCUT2D eigenvalue weighted by atomic mass is 9.99. The second-order valence-electron chi connectivity index (χ2n) is 4.67. The SMILES string of the molecule is C=CCOC(=O)NCC1CCc2nc(C(=O)O)cn2C1. The Morgan fingerprint density at radius 1 is 1.65 bits per heavy atom. The number of carbonyl (C=O) groups is 2. The van der Waals surface area contributed by atoms with E-state index in [2.05, 4.69) is 16.9 Å². The summed E-state index contributed by atoms with van der Waals surface area (Å²) in [5.41, 5.74) is 0.0685. The van der Waals surface area contributed by atoms with Crippen LogP contribution < -0.4 is 5.32 Å². The summed E-state index contributed by atoms with van der Waals surface area (Å²) in [4.78, 5) is 26.2. The van der Waals surface area contributed by atoms with Gasteiger partial charge in [-0.25, -0.2) is 14.6 Å². The van der Waals surface area contributed by atoms with E-state index in [-0.39, 0.29) is 18.2 Å². The van der Waals surface area contributed by atoms with E-state index in [4.69, 9.17) is 9.84 Å². The van der Waals surface area contributed by atoms with Gasteiger partial charge in [0.05, 0.1) is 0 Å². The zero-order chi connectivity index (χ0) is 14.5. The number of alkyl carbamates (subject to hydrolysis) is 1. The summed E-state index contributed by atoms with van der Waals surface area (Å²) in [6.07, 6.45) is 4.15. The van der Waals surface area contributed by atoms with Gasteiger partial charge in [-0.05, 0) is 12.3 Å². The van der Waals surface area contributed by atoms with Gasteiger partial charge in [-0.1, -0.05) is 12.7 Å². The molecule has 1 aliphatic rings. The molecule has 0 aromatic carbocycles. The Balaban J connectivity index is 1.86. The van der Waals surface area contributed by atoms with Crippen molar-refractivity contribution >= 4 is 12.1 Å². The number of rotatable bonds is 5. The van der Waals surface area contributed by atoms with Crippen LogP contribution in [0.1, 0.15) is 22.7 Å². The predicted octanol–water partition coefficient (Wildman–Crippen LogP) is 1.06. The first kappa shape index (κ1) is 14.1. The Morgan fingerprint density at radius 3 is 3.15 bits per heavy atom. The van der Waals surface area contributed by atoms with Crippen LogP contribution >= 0.6 is 0 Å². The third-order valence-corrected chi connectivity index (χ3v) is 3.18. The molecular weight excluding hydrogens is 262 g/mol. The molecule has 2 rings (SSSR count). The van der Waals surface area contributed by atoms with Crippen LogP contribution in [0.2, 0.25) is 0 Å². The Labute approximate surface area is 116 Å². The molecule has 20 heavy (non-hydrogen) atoms. The van der Waals surface area contributed by atoms with Gasteiger partial charge in [-0.3, -0.25) is 0 Å². The van der Waals surface area contributed by atoms with E-state index in [9.17, 15) is 9.59 Å². The number of hydrogen-bond donors (Lipinski definition) is 2. The first-order valence-electron chi connectivity index (χ1n) is 6.41. The van der Waals surface area contributed by atoms with E-state index in [1.54, 1.807) is 6.20 Å². The van der Waals surface area contributed by atoms with Crippen LogP contribution in [0, 0.1) is 5.92 Å². The molecule has 0 radical (unpaired) electrons. The van der Waals surface area contributed by atoms with Gasteiger partial charge in [0.2, 0.25) is 0 Å². The highest BCUT2D eigenvalue weighted by Crippen LogP contribution is 2.19. The van der Waals surface area contributed by atoms with Crippen molar-refractivity contribution in [1.29, 1.82) is 0 Å². The fraction of sp³-hybridized carbons (Fsp3) is 0.462. The number of aromatic carboxylic acids is 1. The minimum atomic E-state index is -1.02. The molecule has 0 saturated heterocycles. The van der Waals surface area contributed by atoms with Gasteiger partial charge in [0.25, 0.3) is 0 Å². The molecule has 0 saturated carbocycles. The van der Waals surface area contributed by atoms with Crippen molar-refractivity contribution in [3.63, 3.8) is 0 Å². The number of nitrogens with one attached hydrogen (secondary N) is 1. The number of ether oxygens (including phenoxy) is 1. The number of amides is 1. The average Bonchev–Trinajstić information content (AvgIpc) is 2.86. The Bertz CT molecular complexity index is 524. The summed E-state index contributed by atoms with van der Waals surface area (Å²) in [6, 6.07) is 0. The van der Waals surface area contributed by atoms with Gasteiger partial charge in [-0.2, -0.15) is 0 Å². The van der Waals surface area contributed by atoms with Crippen molar-refractivity contribution in [1.82, 2.24) is 14.9 Å². The molecule has 0 fully saturated rings. The summed E-state index contributed by atoms with van der Waals surface area (Å²) < 4.78 is 6.66. The first-order valence-corrected chi connectivity index (χ1v) is 6.41. The Hall–Kier alpha value is -2.31. The fourth-order valence-corrected chi connectivity index (χ4v) is 2.20. The maximum Gasteiger partial charge on any atom is 0.407 e. The van der Waals surface area contributed by atoms with Crippen molar-refractivity contribution in [3.8, 4) is 0 Å². The molecule has 1 aromatic rings. The molecule has 1 unspecified atom stereocenters. The second kappa shape index (κ2) is 6.23. The van der Waals surface area contributed by atoms with Gasteiger partial charge in [0.1, 0.15) is 12.4 Å². The van der Waals surface area contributed by atoms with Crippen molar-refractivity contribution in [2.75, 3.05) is 13.2 Å². The van der Waals surface area contributed by atoms with Crippen molar-refractivity contribution < 1.29 is 19.4 Å². The van der Waals surface area contributed by atoms with Crippen molar-refractivity contribution in [2.45, 2.75) is 19.4 Å². The van der Waals surface area contributed by atoms with E-state index in [1.165, 1.54) is 6.08 Å². The van der Waals surface area contributed by atoms with Crippen LogP contribution in [0.5, 0.6) is 0 Å². The van der Waals surface area contributed by atoms with E-state index in [1.807, 2.05) is 4.57 Å². The molecule has 1 amide bonds. The molecule has 108 valence electrons. The largest absolute Gasteiger partial charge is 0.476 e. The molecule has 2 heterocycles. The van der Waals surface area contributed by atoms with Crippen molar-refractivity contribution in [2.24, 2.45) is 5.92 Å². The number of aryl methyl sites for hydroxylation is 1. The molecule has 1 aromatic heterocycles. The highest BCUT2D eigenvalue weighted by molar-refractivity contribution is 5.85. The fourth-order valence-electron chi connectivity index (χ4n) is 2.20. The number of carboxylic acids is 1. The number of hydrogen-bond acceptors (Lipinski definition) is 4. The summed E-state index contributed by atoms with van der Waals surface area (Å²) in [5, 5.41) is 11.6. The number of fused-ring (bicyclic) bond motifs is 1. The highest BCUT2D eigenvalue weighted by atomic mass is 16.5. The van der Waals surface area contributed by atoms with Crippen LogP contribution in [-0.4, -0.2) is 39.9 Å². The van der Waals surface area contributed by atoms with Crippen LogP contribution in [0.15, 0.2) is 18.9 Å². The zero-order valence-electron chi connectivity index (χ0n) is 11.0. The van der Waals surface area contributed by atoms with Crippen LogP contribution in [0.3, 0.4) is 0 Å². The normalized spacial score (nSPS) is 17.1. The highest BCUT2D eigenvalue weighted by Gasteiger charge is 2.22. The van der Waals surface area contributed by atoms with Crippen molar-refractivity contribution in [3.05, 3.63) is 30.4 Å². The number of carbonyl (C=O) groups excluding carboxylic acids is 1. The molecule has 0 spiro atoms. The molecule has 2 N–H and O–H groups in total. The summed E-state index contributed by atoms with van der Waals surface area (Å²) >= 11 is 0. The molecule has 0 aliphatic carbocycles. The Kier molecular flexibility index (Phi) is 4.39. The third-order valence-electron chi connectivity index (χ3n) is 3.18. The lowest BCUT2D eigenvalue weighted by Gasteiger charge is -2.23. The molecule has 7 heteroatoms. The third kappa shape index (κ3) is 3.37. The van der Waals surface area contributed by atoms with Gasteiger partial charge in [0, 0.05) is 25.7 Å². The van der Waals surface area contributed by atoms with E-state index in [0.717, 1.165) is 12.2 Å². The minimum Gasteiger partial charge on any atom is -0.476 e. The molecule has 7 nitrogen and oxygen atoms in total. The van der Waals surface area contributed by atoms with E-state index >= 15 is 0 Å². The van der Waals surface area contributed by atoms with Gasteiger partial charge >= 0.3 is 12.1 Å². The van der Waals surface area contributed by atoms with E-state index in [0.29, 0.717) is 19.5 Å². The lowest BCUT2D eigenvalue weighted by molar-refractivity contribution is 0.0690. The average molecular weight is 279 g/mol. The summed E-state index contributed by atoms with van der Waals surface area (Å²) in [6.45, 7) is 4.79. The zero-order valence-corrected chi connectivity index (χ0v) is 11.0. The van der Waals surface area contributed by atoms with Gasteiger partial charge in [0.15, 0.2) is 5.69 Å². The monoisotopic (exact) mass is 279 g/mol. The molecule has 0 bridgehead atoms. The predicted molar refractivity (Wildman–Crippen MR) is 70.5 cm³/mol. The van der Waals surface area contributed by atoms with Crippen LogP contribution in [0.4, 0.5) is 4.79 Å². The molecular formula is C13H17N3O4. The van der Waals surface area contributed by atoms with Gasteiger partial charge in [-0.15, -0.1) is 0 Å². The second-order valence-corrected chi connectivity index (χ2v) is 4.67. The number of aromatic nitrogens is 2. The first-order chi connectivity index (χ1) is 9.60. The van der Waals surface area contributed by atoms with Crippen LogP contribution in [-0.2, 0) is 17.7 Å². The molecule has 1 aliphatic heterocycles. The number of carboxylic acid groups (broad SMARTS) is 1. The molecule has 1 atom stereocenters. The number of nitrogens with zero attached hydrogens (tertiary/aromatic N) is 2. The standard InChI is InChI=1S/C13H17N3O4/c1-2-5-20-13(19)14-6-9-3-4-11-15-10(12(17)18)8-16(11)7-9/h2,8-9H,1,3-7H2,(H,14,19)(H,17,18). The lowest BCUT2D eigenvalue weighted by Crippen LogP contribution is -2.34. The van der Waals surface area contributed by atoms with Crippen LogP contribution in [0.25, 0.3) is 0 Å². The van der Waals surface area contributed by atoms with E-state index < -0.39 is 12.1 Å².